The van der Waals surface area contributed by atoms with E-state index in [2.05, 4.69) is 26.1 Å². The second kappa shape index (κ2) is 8.86. The van der Waals surface area contributed by atoms with Crippen LogP contribution in [0.15, 0.2) is 24.3 Å². The van der Waals surface area contributed by atoms with E-state index in [1.807, 2.05) is 29.2 Å². The number of hydrogen-bond donors (Lipinski definition) is 1. The van der Waals surface area contributed by atoms with Crippen LogP contribution in [0.1, 0.15) is 52.0 Å². The smallest absolute Gasteiger partial charge is 0.227 e. The lowest BCUT2D eigenvalue weighted by molar-refractivity contribution is -0.138. The van der Waals surface area contributed by atoms with Gasteiger partial charge in [-0.2, -0.15) is 0 Å². The Bertz CT molecular complexity index is 559. The van der Waals surface area contributed by atoms with Crippen LogP contribution < -0.4 is 5.32 Å². The third kappa shape index (κ3) is 4.37. The van der Waals surface area contributed by atoms with E-state index >= 15 is 0 Å². The molecule has 4 heteroatoms. The number of aryl methyl sites for hydroxylation is 1. The molecule has 0 bridgehead atoms. The molecule has 2 amide bonds. The Kier molecular flexibility index (Phi) is 6.83. The molecule has 1 aliphatic heterocycles. The Morgan fingerprint density at radius 2 is 1.75 bits per heavy atom. The Morgan fingerprint density at radius 1 is 1.12 bits per heavy atom. The van der Waals surface area contributed by atoms with Crippen LogP contribution in [0.3, 0.4) is 0 Å². The van der Waals surface area contributed by atoms with Crippen LogP contribution in [0.25, 0.3) is 0 Å². The van der Waals surface area contributed by atoms with Gasteiger partial charge in [0.2, 0.25) is 11.8 Å². The van der Waals surface area contributed by atoms with Crippen LogP contribution in [-0.2, 0) is 16.0 Å². The predicted molar refractivity (Wildman–Crippen MR) is 97.8 cm³/mol. The van der Waals surface area contributed by atoms with Crippen LogP contribution in [0.4, 0.5) is 5.69 Å². The van der Waals surface area contributed by atoms with Gasteiger partial charge in [-0.1, -0.05) is 39.0 Å². The number of nitrogens with zero attached hydrogens (tertiary/aromatic N) is 1. The zero-order valence-corrected chi connectivity index (χ0v) is 15.2. The highest BCUT2D eigenvalue weighted by molar-refractivity contribution is 5.93. The van der Waals surface area contributed by atoms with Gasteiger partial charge in [-0.25, -0.2) is 0 Å². The van der Waals surface area contributed by atoms with Crippen molar-refractivity contribution in [1.29, 1.82) is 0 Å². The maximum atomic E-state index is 12.5. The SMILES string of the molecule is CCc1ccccc1NC(=O)C1CCN(C(=O)C(CC)CC)CC1. The third-order valence-corrected chi connectivity index (χ3v) is 5.17. The molecule has 4 nitrogen and oxygen atoms in total. The van der Waals surface area contributed by atoms with Crippen molar-refractivity contribution >= 4 is 17.5 Å². The fourth-order valence-electron chi connectivity index (χ4n) is 3.44. The number of benzene rings is 1. The van der Waals surface area contributed by atoms with Crippen LogP contribution in [0.5, 0.6) is 0 Å². The normalized spacial score (nSPS) is 15.6. The summed E-state index contributed by atoms with van der Waals surface area (Å²) in [6.45, 7) is 7.62. The molecule has 1 saturated heterocycles. The molecule has 1 aromatic rings. The molecular formula is C20H30N2O2. The maximum Gasteiger partial charge on any atom is 0.227 e. The molecule has 1 aliphatic rings. The van der Waals surface area contributed by atoms with Gasteiger partial charge in [0.05, 0.1) is 0 Å². The predicted octanol–water partition coefficient (Wildman–Crippen LogP) is 3.86. The van der Waals surface area contributed by atoms with Crippen molar-refractivity contribution in [2.24, 2.45) is 11.8 Å². The van der Waals surface area contributed by atoms with Gasteiger partial charge in [0.1, 0.15) is 0 Å². The molecule has 132 valence electrons. The number of amides is 2. The Morgan fingerprint density at radius 3 is 2.33 bits per heavy atom. The molecule has 1 heterocycles. The second-order valence-corrected chi connectivity index (χ2v) is 6.61. The number of hydrogen-bond acceptors (Lipinski definition) is 2. The summed E-state index contributed by atoms with van der Waals surface area (Å²) in [7, 11) is 0. The Labute approximate surface area is 145 Å². The standard InChI is InChI=1S/C20H30N2O2/c1-4-15(5-2)20(24)22-13-11-17(12-14-22)19(23)21-18-10-8-7-9-16(18)6-3/h7-10,15,17H,4-6,11-14H2,1-3H3,(H,21,23). The Balaban J connectivity index is 1.90. The van der Waals surface area contributed by atoms with Crippen LogP contribution in [-0.4, -0.2) is 29.8 Å². The minimum absolute atomic E-state index is 0.000616. The van der Waals surface area contributed by atoms with E-state index in [9.17, 15) is 9.59 Å². The van der Waals surface area contributed by atoms with Gasteiger partial charge < -0.3 is 10.2 Å². The zero-order chi connectivity index (χ0) is 17.5. The van der Waals surface area contributed by atoms with Crippen molar-refractivity contribution in [1.82, 2.24) is 4.90 Å². The number of anilines is 1. The number of carbonyl (C=O) groups is 2. The van der Waals surface area contributed by atoms with Crippen molar-refractivity contribution < 1.29 is 9.59 Å². The summed E-state index contributed by atoms with van der Waals surface area (Å²) in [5, 5.41) is 3.08. The van der Waals surface area contributed by atoms with Crippen molar-refractivity contribution in [3.05, 3.63) is 29.8 Å². The summed E-state index contributed by atoms with van der Waals surface area (Å²) in [6, 6.07) is 7.96. The first-order valence-electron chi connectivity index (χ1n) is 9.28. The number of nitrogens with one attached hydrogen (secondary N) is 1. The fourth-order valence-corrected chi connectivity index (χ4v) is 3.44. The molecule has 0 aromatic heterocycles. The van der Waals surface area contributed by atoms with E-state index < -0.39 is 0 Å². The van der Waals surface area contributed by atoms with Gasteiger partial charge in [-0.3, -0.25) is 9.59 Å². The molecule has 0 radical (unpaired) electrons. The summed E-state index contributed by atoms with van der Waals surface area (Å²) in [6.07, 6.45) is 4.20. The molecule has 0 atom stereocenters. The van der Waals surface area contributed by atoms with E-state index in [0.717, 1.165) is 43.4 Å². The van der Waals surface area contributed by atoms with Gasteiger partial charge in [0, 0.05) is 30.6 Å². The van der Waals surface area contributed by atoms with Gasteiger partial charge in [-0.15, -0.1) is 0 Å². The molecule has 2 rings (SSSR count). The molecule has 24 heavy (non-hydrogen) atoms. The number of para-hydroxylation sites is 1. The summed E-state index contributed by atoms with van der Waals surface area (Å²) >= 11 is 0. The zero-order valence-electron chi connectivity index (χ0n) is 15.2. The first kappa shape index (κ1) is 18.5. The summed E-state index contributed by atoms with van der Waals surface area (Å²) < 4.78 is 0. The molecule has 0 unspecified atom stereocenters. The lowest BCUT2D eigenvalue weighted by atomic mass is 9.93. The van der Waals surface area contributed by atoms with E-state index in [1.165, 1.54) is 0 Å². The molecule has 1 N–H and O–H groups in total. The average molecular weight is 330 g/mol. The highest BCUT2D eigenvalue weighted by atomic mass is 16.2. The minimum Gasteiger partial charge on any atom is -0.342 e. The van der Waals surface area contributed by atoms with E-state index in [0.29, 0.717) is 13.1 Å². The lowest BCUT2D eigenvalue weighted by Crippen LogP contribution is -2.43. The van der Waals surface area contributed by atoms with Crippen LogP contribution in [0, 0.1) is 11.8 Å². The van der Waals surface area contributed by atoms with Gasteiger partial charge >= 0.3 is 0 Å². The van der Waals surface area contributed by atoms with E-state index in [1.54, 1.807) is 0 Å². The van der Waals surface area contributed by atoms with E-state index in [-0.39, 0.29) is 23.7 Å². The topological polar surface area (TPSA) is 49.4 Å². The molecule has 1 fully saturated rings. The maximum absolute atomic E-state index is 12.5. The fraction of sp³-hybridized carbons (Fsp3) is 0.600. The number of carbonyl (C=O) groups excluding carboxylic acids is 2. The summed E-state index contributed by atoms with van der Waals surface area (Å²) in [4.78, 5) is 26.9. The molecule has 0 spiro atoms. The number of likely N-dealkylation sites (tertiary alicyclic amines) is 1. The summed E-state index contributed by atoms with van der Waals surface area (Å²) in [5.41, 5.74) is 2.08. The van der Waals surface area contributed by atoms with Crippen molar-refractivity contribution in [3.8, 4) is 0 Å². The van der Waals surface area contributed by atoms with Crippen molar-refractivity contribution in [2.45, 2.75) is 52.9 Å². The monoisotopic (exact) mass is 330 g/mol. The van der Waals surface area contributed by atoms with Crippen molar-refractivity contribution in [2.75, 3.05) is 18.4 Å². The first-order chi connectivity index (χ1) is 11.6. The highest BCUT2D eigenvalue weighted by Crippen LogP contribution is 2.23. The van der Waals surface area contributed by atoms with Crippen molar-refractivity contribution in [3.63, 3.8) is 0 Å². The largest absolute Gasteiger partial charge is 0.342 e. The van der Waals surface area contributed by atoms with Gasteiger partial charge in [0.25, 0.3) is 0 Å². The third-order valence-electron chi connectivity index (χ3n) is 5.17. The number of piperidine rings is 1. The molecule has 0 saturated carbocycles. The first-order valence-corrected chi connectivity index (χ1v) is 9.28. The minimum atomic E-state index is 0.000616. The molecule has 0 aliphatic carbocycles. The summed E-state index contributed by atoms with van der Waals surface area (Å²) in [5.74, 6) is 0.480. The molecular weight excluding hydrogens is 300 g/mol. The van der Waals surface area contributed by atoms with E-state index in [4.69, 9.17) is 0 Å². The molecule has 1 aromatic carbocycles. The van der Waals surface area contributed by atoms with Gasteiger partial charge in [-0.05, 0) is 43.7 Å². The quantitative estimate of drug-likeness (QED) is 0.861. The Hall–Kier alpha value is -1.84. The second-order valence-electron chi connectivity index (χ2n) is 6.61. The lowest BCUT2D eigenvalue weighted by Gasteiger charge is -2.33. The van der Waals surface area contributed by atoms with Gasteiger partial charge in [0.15, 0.2) is 0 Å². The highest BCUT2D eigenvalue weighted by Gasteiger charge is 2.29. The van der Waals surface area contributed by atoms with Crippen LogP contribution in [0.2, 0.25) is 0 Å². The number of rotatable bonds is 6. The average Bonchev–Trinajstić information content (AvgIpc) is 2.63. The van der Waals surface area contributed by atoms with Crippen LogP contribution >= 0.6 is 0 Å².